The molecule has 2 saturated heterocycles. The number of para-hydroxylation sites is 1. The molecule has 9 unspecified atom stereocenters. The molecule has 21 N–H and O–H groups in total. The Labute approximate surface area is 736 Å². The molecule has 36 nitrogen and oxygen atoms in total. The molecule has 40 heteroatoms. The summed E-state index contributed by atoms with van der Waals surface area (Å²) in [5, 5.41) is 141. The minimum absolute atomic E-state index is 0. The smallest absolute Gasteiger partial charge is 0.330 e. The van der Waals surface area contributed by atoms with Gasteiger partial charge in [-0.25, -0.2) is 4.79 Å². The van der Waals surface area contributed by atoms with Crippen molar-refractivity contribution in [1.82, 2.24) is 47.5 Å². The van der Waals surface area contributed by atoms with Crippen LogP contribution in [-0.2, 0) is 59.1 Å². The number of likely N-dealkylation sites (N-methyl/N-ethyl adjacent to an activating group) is 1. The number of carboxylic acids is 1. The molecule has 8 heterocycles. The topological polar surface area (TPSA) is 551 Å². The lowest BCUT2D eigenvalue weighted by Gasteiger charge is -2.48. The van der Waals surface area contributed by atoms with Gasteiger partial charge in [-0.3, -0.25) is 38.5 Å². The number of rotatable bonds is 21. The fourth-order valence-electron chi connectivity index (χ4n) is 15.5. The number of carbonyl (C=O) groups is 8. The molecule has 7 aromatic carbocycles. The van der Waals surface area contributed by atoms with Crippen LogP contribution in [0.4, 0.5) is 5.69 Å². The number of aryl methyl sites for hydroxylation is 1. The summed E-state index contributed by atoms with van der Waals surface area (Å²) in [6.45, 7) is 8.83. The lowest BCUT2D eigenvalue weighted by Crippen LogP contribution is -2.65. The number of aliphatic hydroxyl groups is 6. The summed E-state index contributed by atoms with van der Waals surface area (Å²) in [4.78, 5) is 123. The number of nitrogens with one attached hydrogen (secondary N) is 9. The van der Waals surface area contributed by atoms with Gasteiger partial charge in [-0.15, -0.1) is 24.8 Å². The standard InChI is InChI=1S/C85H93Cl2N11O25.2ClH/c1-36(2)23-53(89-6)77(109)97-68-70(104)41-14-19-57(49(86)26-41)119-59-28-43-29-60(74(59)123-84-75(73(107)72(106)61(35-99)121-84)122-63-33-85(5,76(108)38(4)118-63)91-34-39-11-16-45(17-12-39)117-22-21-90-52-24-37(3)92-51-10-8-7-9-46(51)52)120-58-20-15-42(27-50(58)87)71(105)69-82(114)96-67(83(115)116)48-30-44(100)31-56(102)64(48)47-25-40(13-18-55(47)101)65(79(111)98-69)95-80(112)66(43)94-78(110)54(32-62(88)103)93-81(68)113;;/h7-20,24-31,36,38,53-54,61,63,65-73,75-76,84,89,91,99-102,104-108H,21-23,32-35H2,1-6H3,(H2,88,103)(H,90,92)(H,93,113)(H,94,110)(H,95,112)(H,96,114)(H,97,109)(H,98,111)(H,115,116);2*1H/t38?,53-,54+,61?,63?,65-,66-,67+,68-,69+,70-,71-,72?,73?,75?,76?,84?,85?;;/m1../s1. The van der Waals surface area contributed by atoms with Crippen molar-refractivity contribution in [3.05, 3.63) is 183 Å². The number of aromatic hydroxyl groups is 3. The third kappa shape index (κ3) is 21.0. The number of phenols is 3. The number of benzene rings is 7. The number of amides is 7. The Morgan fingerprint density at radius 1 is 0.704 bits per heavy atom. The summed E-state index contributed by atoms with van der Waals surface area (Å²) in [7, 11) is 1.48. The molecule has 0 radical (unpaired) electrons. The number of pyridine rings is 1. The van der Waals surface area contributed by atoms with Crippen LogP contribution in [0.25, 0.3) is 22.0 Å². The first kappa shape index (κ1) is 94.5. The first-order chi connectivity index (χ1) is 58.6. The molecule has 0 saturated carbocycles. The molecule has 668 valence electrons. The van der Waals surface area contributed by atoms with Crippen molar-refractivity contribution in [3.63, 3.8) is 0 Å². The van der Waals surface area contributed by atoms with Crippen LogP contribution >= 0.6 is 48.0 Å². The number of nitrogens with two attached hydrogens (primary N) is 1. The molecule has 15 rings (SSSR count). The van der Waals surface area contributed by atoms with Crippen LogP contribution in [0, 0.1) is 12.8 Å². The second-order valence-electron chi connectivity index (χ2n) is 31.2. The molecule has 18 atom stereocenters. The average Bonchev–Trinajstić information content (AvgIpc) is 0.762. The van der Waals surface area contributed by atoms with Crippen molar-refractivity contribution in [3.8, 4) is 62.9 Å². The summed E-state index contributed by atoms with van der Waals surface area (Å²) >= 11 is 14.3. The minimum Gasteiger partial charge on any atom is -0.508 e. The van der Waals surface area contributed by atoms with E-state index in [9.17, 15) is 75.0 Å². The number of primary amides is 1. The molecule has 0 aliphatic carbocycles. The number of aromatic nitrogens is 1. The molecule has 8 aromatic rings. The molecule has 0 spiro atoms. The van der Waals surface area contributed by atoms with Crippen molar-refractivity contribution in [2.75, 3.05) is 32.1 Å². The Bertz CT molecular complexity index is 5380. The van der Waals surface area contributed by atoms with E-state index in [2.05, 4.69) is 52.8 Å². The molecular weight excluding hydrogens is 1720 g/mol. The third-order valence-electron chi connectivity index (χ3n) is 21.9. The van der Waals surface area contributed by atoms with Crippen LogP contribution in [0.5, 0.6) is 51.7 Å². The maximum Gasteiger partial charge on any atom is 0.330 e. The van der Waals surface area contributed by atoms with Crippen molar-refractivity contribution in [2.45, 2.75) is 170 Å². The SMILES string of the molecule is CN[C@H](CC(C)C)C(=O)N[C@H]1C(=O)N[C@@H](CC(N)=O)C(=O)N[C@H]2C(=O)N[C@H]3C(=O)N[C@H](C(=O)N[C@H](C(=O)O)c4cc(O)cc(O)c4-c4cc3ccc4O)[C@H](O)c3ccc(c(Cl)c3)Oc3cc2cc(c3OC2OC(CO)C(O)C(O)C2OC2CC(C)(NCc3ccc(OCCNc4cc(C)nc5ccccc45)cc3)C(O)C(C)O2)Oc2ccc(cc2Cl)[C@H]1O.Cl.Cl. The van der Waals surface area contributed by atoms with E-state index in [1.807, 2.05) is 63.2 Å². The second-order valence-corrected chi connectivity index (χ2v) is 32.0. The van der Waals surface area contributed by atoms with E-state index >= 15 is 14.4 Å². The van der Waals surface area contributed by atoms with Gasteiger partial charge in [0, 0.05) is 64.6 Å². The van der Waals surface area contributed by atoms with Crippen molar-refractivity contribution in [2.24, 2.45) is 11.7 Å². The Morgan fingerprint density at radius 3 is 1.98 bits per heavy atom. The van der Waals surface area contributed by atoms with Gasteiger partial charge in [0.2, 0.25) is 53.4 Å². The number of halogens is 4. The van der Waals surface area contributed by atoms with Gasteiger partial charge >= 0.3 is 5.97 Å². The largest absolute Gasteiger partial charge is 0.508 e. The number of aliphatic hydroxyl groups excluding tert-OH is 6. The number of aliphatic carboxylic acids is 1. The van der Waals surface area contributed by atoms with Crippen LogP contribution in [-0.4, -0.2) is 209 Å². The number of fused-ring (bicyclic) bond motifs is 16. The second kappa shape index (κ2) is 40.0. The number of phenolic OH excluding ortho intramolecular Hbond substituents is 3. The van der Waals surface area contributed by atoms with E-state index in [1.54, 1.807) is 26.0 Å². The summed E-state index contributed by atoms with van der Waals surface area (Å²) in [6, 6.07) is 16.4. The first-order valence-corrected chi connectivity index (χ1v) is 40.1. The van der Waals surface area contributed by atoms with E-state index < -0.39 is 237 Å². The van der Waals surface area contributed by atoms with Crippen LogP contribution < -0.4 is 72.5 Å². The van der Waals surface area contributed by atoms with Gasteiger partial charge in [-0.1, -0.05) is 85.6 Å². The highest BCUT2D eigenvalue weighted by Gasteiger charge is 2.52. The van der Waals surface area contributed by atoms with Crippen LogP contribution in [0.15, 0.2) is 133 Å². The third-order valence-corrected chi connectivity index (χ3v) is 22.5. The Kier molecular flexibility index (Phi) is 30.2. The van der Waals surface area contributed by atoms with Gasteiger partial charge in [-0.05, 0) is 147 Å². The lowest BCUT2D eigenvalue weighted by atomic mass is 9.84. The normalized spacial score (nSPS) is 25.8. The summed E-state index contributed by atoms with van der Waals surface area (Å²) < 4.78 is 45.7. The average molecular weight is 1810 g/mol. The predicted molar refractivity (Wildman–Crippen MR) is 453 cm³/mol. The van der Waals surface area contributed by atoms with E-state index in [1.165, 1.54) is 19.2 Å². The van der Waals surface area contributed by atoms with Crippen LogP contribution in [0.3, 0.4) is 0 Å². The Hall–Kier alpha value is -11.2. The van der Waals surface area contributed by atoms with Gasteiger partial charge in [0.1, 0.15) is 102 Å². The maximum atomic E-state index is 16.2. The molecule has 7 aliphatic rings. The fraction of sp³-hybridized carbons (Fsp3) is 0.376. The van der Waals surface area contributed by atoms with Crippen molar-refractivity contribution >= 4 is 112 Å². The monoisotopic (exact) mass is 1810 g/mol. The summed E-state index contributed by atoms with van der Waals surface area (Å²) in [6.07, 6.45) is -18.8. The maximum absolute atomic E-state index is 16.2. The van der Waals surface area contributed by atoms with Crippen molar-refractivity contribution in [1.29, 1.82) is 0 Å². The zero-order chi connectivity index (χ0) is 88.3. The molecule has 7 aliphatic heterocycles. The highest BCUT2D eigenvalue weighted by atomic mass is 35.5. The van der Waals surface area contributed by atoms with Crippen LogP contribution in [0.2, 0.25) is 10.0 Å². The van der Waals surface area contributed by atoms with Gasteiger partial charge in [0.05, 0.1) is 46.8 Å². The van der Waals surface area contributed by atoms with Gasteiger partial charge in [-0.2, -0.15) is 0 Å². The quantitative estimate of drug-likeness (QED) is 0.0415. The Morgan fingerprint density at radius 2 is 1.34 bits per heavy atom. The van der Waals surface area contributed by atoms with E-state index in [-0.39, 0.29) is 77.6 Å². The number of hydrogen-bond donors (Lipinski definition) is 20. The number of anilines is 1. The zero-order valence-electron chi connectivity index (χ0n) is 67.7. The van der Waals surface area contributed by atoms with E-state index in [0.29, 0.717) is 18.9 Å². The highest BCUT2D eigenvalue weighted by molar-refractivity contribution is 6.32. The molecule has 125 heavy (non-hydrogen) atoms. The van der Waals surface area contributed by atoms with Gasteiger partial charge in [0.25, 0.3) is 0 Å². The lowest BCUT2D eigenvalue weighted by molar-refractivity contribution is -0.334. The highest BCUT2D eigenvalue weighted by Crippen LogP contribution is 2.50. The zero-order valence-corrected chi connectivity index (χ0v) is 70.9. The molecule has 2 fully saturated rings. The number of carbonyl (C=O) groups excluding carboxylic acids is 7. The number of hydrogen-bond acceptors (Lipinski definition) is 28. The number of carboxylic acid groups (broad SMARTS) is 1. The molecule has 1 aromatic heterocycles. The number of ether oxygens (including phenoxy) is 7. The minimum atomic E-state index is -2.37. The molecular formula is C85H95Cl4N11O25. The van der Waals surface area contributed by atoms with E-state index in [0.717, 1.165) is 94.6 Å². The van der Waals surface area contributed by atoms with Gasteiger partial charge < -0.3 is 138 Å². The molecule has 11 bridgehead atoms. The van der Waals surface area contributed by atoms with Crippen LogP contribution in [0.1, 0.15) is 116 Å². The fourth-order valence-corrected chi connectivity index (χ4v) is 15.9. The number of nitrogens with zero attached hydrogens (tertiary/aromatic N) is 1. The Balaban J connectivity index is 0.00000759. The summed E-state index contributed by atoms with van der Waals surface area (Å²) in [5.41, 5.74) is 5.07. The van der Waals surface area contributed by atoms with Gasteiger partial charge in [0.15, 0.2) is 29.9 Å². The summed E-state index contributed by atoms with van der Waals surface area (Å²) in [5.74, 6) is -15.5. The van der Waals surface area contributed by atoms with Crippen molar-refractivity contribution < 1.29 is 123 Å². The molecule has 7 amide bonds. The predicted octanol–water partition coefficient (Wildman–Crippen LogP) is 5.13. The first-order valence-electron chi connectivity index (χ1n) is 39.3. The van der Waals surface area contributed by atoms with E-state index in [4.69, 9.17) is 62.1 Å².